The minimum absolute atomic E-state index is 0.160. The highest BCUT2D eigenvalue weighted by Gasteiger charge is 2.33. The molecule has 23 heavy (non-hydrogen) atoms. The fourth-order valence-electron chi connectivity index (χ4n) is 4.13. The van der Waals surface area contributed by atoms with Crippen molar-refractivity contribution in [2.24, 2.45) is 5.92 Å². The molecule has 1 amide bonds. The molecule has 2 rings (SSSR count). The normalized spacial score (nSPS) is 32.7. The Balaban J connectivity index is 1.84. The van der Waals surface area contributed by atoms with Crippen LogP contribution in [-0.4, -0.2) is 41.3 Å². The zero-order valence-corrected chi connectivity index (χ0v) is 15.7. The standard InChI is InChI=1S/C19H36N2O2/c1-6-15-9-7-8-10-17(15)20-16-11-12-21(14(2)13-16)18(22)23-19(3,4)5/h14-17,20H,6-13H2,1-5H3. The van der Waals surface area contributed by atoms with Crippen molar-refractivity contribution in [1.29, 1.82) is 0 Å². The van der Waals surface area contributed by atoms with Gasteiger partial charge in [0, 0.05) is 24.7 Å². The third-order valence-corrected chi connectivity index (χ3v) is 5.39. The molecule has 2 aliphatic rings. The second kappa shape index (κ2) is 7.87. The second-order valence-corrected chi connectivity index (χ2v) is 8.47. The van der Waals surface area contributed by atoms with Gasteiger partial charge in [0.1, 0.15) is 5.60 Å². The Morgan fingerprint density at radius 1 is 1.22 bits per heavy atom. The summed E-state index contributed by atoms with van der Waals surface area (Å²) < 4.78 is 5.53. The summed E-state index contributed by atoms with van der Waals surface area (Å²) >= 11 is 0. The predicted octanol–water partition coefficient (Wildman–Crippen LogP) is 4.33. The van der Waals surface area contributed by atoms with E-state index in [2.05, 4.69) is 19.2 Å². The van der Waals surface area contributed by atoms with E-state index in [0.717, 1.165) is 25.3 Å². The molecule has 0 aromatic heterocycles. The van der Waals surface area contributed by atoms with Gasteiger partial charge in [0.2, 0.25) is 0 Å². The van der Waals surface area contributed by atoms with Gasteiger partial charge in [0.15, 0.2) is 0 Å². The summed E-state index contributed by atoms with van der Waals surface area (Å²) in [6, 6.07) is 1.47. The number of hydrogen-bond donors (Lipinski definition) is 1. The largest absolute Gasteiger partial charge is 0.444 e. The maximum Gasteiger partial charge on any atom is 0.410 e. The minimum atomic E-state index is -0.414. The van der Waals surface area contributed by atoms with Crippen LogP contribution in [0, 0.1) is 5.92 Å². The molecule has 1 N–H and O–H groups in total. The van der Waals surface area contributed by atoms with Gasteiger partial charge in [-0.1, -0.05) is 26.2 Å². The molecule has 0 radical (unpaired) electrons. The lowest BCUT2D eigenvalue weighted by Crippen LogP contribution is -2.54. The Hall–Kier alpha value is -0.770. The van der Waals surface area contributed by atoms with Crippen molar-refractivity contribution < 1.29 is 9.53 Å². The van der Waals surface area contributed by atoms with Gasteiger partial charge in [0.25, 0.3) is 0 Å². The maximum absolute atomic E-state index is 12.3. The van der Waals surface area contributed by atoms with Gasteiger partial charge in [-0.15, -0.1) is 0 Å². The van der Waals surface area contributed by atoms with Gasteiger partial charge in [-0.3, -0.25) is 0 Å². The zero-order valence-electron chi connectivity index (χ0n) is 15.7. The van der Waals surface area contributed by atoms with Gasteiger partial charge in [-0.25, -0.2) is 4.79 Å². The van der Waals surface area contributed by atoms with Crippen LogP contribution in [0.4, 0.5) is 4.79 Å². The molecule has 1 saturated carbocycles. The minimum Gasteiger partial charge on any atom is -0.444 e. The number of nitrogens with zero attached hydrogens (tertiary/aromatic N) is 1. The van der Waals surface area contributed by atoms with Gasteiger partial charge in [-0.2, -0.15) is 0 Å². The first kappa shape index (κ1) is 18.6. The summed E-state index contributed by atoms with van der Waals surface area (Å²) in [6.45, 7) is 11.1. The average molecular weight is 325 g/mol. The monoisotopic (exact) mass is 324 g/mol. The van der Waals surface area contributed by atoms with Crippen LogP contribution in [0.3, 0.4) is 0 Å². The number of rotatable bonds is 3. The first-order chi connectivity index (χ1) is 10.8. The Kier molecular flexibility index (Phi) is 6.35. The number of piperidine rings is 1. The van der Waals surface area contributed by atoms with Crippen LogP contribution in [-0.2, 0) is 4.74 Å². The molecule has 4 unspecified atom stereocenters. The molecular weight excluding hydrogens is 288 g/mol. The number of nitrogens with one attached hydrogen (secondary N) is 1. The van der Waals surface area contributed by atoms with E-state index in [0.29, 0.717) is 12.1 Å². The fraction of sp³-hybridized carbons (Fsp3) is 0.947. The Bertz CT molecular complexity index is 391. The van der Waals surface area contributed by atoms with Crippen molar-refractivity contribution in [1.82, 2.24) is 10.2 Å². The van der Waals surface area contributed by atoms with Crippen molar-refractivity contribution in [3.8, 4) is 0 Å². The number of carbonyl (C=O) groups excluding carboxylic acids is 1. The van der Waals surface area contributed by atoms with Gasteiger partial charge < -0.3 is 15.0 Å². The van der Waals surface area contributed by atoms with Crippen molar-refractivity contribution in [2.45, 2.75) is 103 Å². The van der Waals surface area contributed by atoms with Crippen molar-refractivity contribution in [3.05, 3.63) is 0 Å². The lowest BCUT2D eigenvalue weighted by atomic mass is 9.82. The molecule has 1 aliphatic carbocycles. The van der Waals surface area contributed by atoms with Gasteiger partial charge in [-0.05, 0) is 59.3 Å². The molecule has 2 fully saturated rings. The summed E-state index contributed by atoms with van der Waals surface area (Å²) in [7, 11) is 0. The third kappa shape index (κ3) is 5.37. The summed E-state index contributed by atoms with van der Waals surface area (Å²) in [6.07, 6.45) is 8.64. The fourth-order valence-corrected chi connectivity index (χ4v) is 4.13. The van der Waals surface area contributed by atoms with Crippen molar-refractivity contribution in [2.75, 3.05) is 6.54 Å². The lowest BCUT2D eigenvalue weighted by Gasteiger charge is -2.41. The lowest BCUT2D eigenvalue weighted by molar-refractivity contribution is 0.00839. The average Bonchev–Trinajstić information content (AvgIpc) is 2.46. The quantitative estimate of drug-likeness (QED) is 0.840. The number of ether oxygens (including phenoxy) is 1. The molecule has 134 valence electrons. The number of likely N-dealkylation sites (tertiary alicyclic amines) is 1. The molecule has 0 aromatic carbocycles. The van der Waals surface area contributed by atoms with Crippen LogP contribution >= 0.6 is 0 Å². The Labute approximate surface area is 142 Å². The van der Waals surface area contributed by atoms with E-state index in [1.54, 1.807) is 0 Å². The highest BCUT2D eigenvalue weighted by atomic mass is 16.6. The number of carbonyl (C=O) groups is 1. The molecular formula is C19H36N2O2. The summed E-state index contributed by atoms with van der Waals surface area (Å²) in [5.74, 6) is 0.836. The highest BCUT2D eigenvalue weighted by molar-refractivity contribution is 5.68. The zero-order chi connectivity index (χ0) is 17.0. The van der Waals surface area contributed by atoms with Crippen LogP contribution in [0.15, 0.2) is 0 Å². The smallest absolute Gasteiger partial charge is 0.410 e. The van der Waals surface area contributed by atoms with Crippen LogP contribution in [0.1, 0.15) is 79.6 Å². The molecule has 1 saturated heterocycles. The summed E-state index contributed by atoms with van der Waals surface area (Å²) in [5.41, 5.74) is -0.414. The highest BCUT2D eigenvalue weighted by Crippen LogP contribution is 2.29. The summed E-state index contributed by atoms with van der Waals surface area (Å²) in [5, 5.41) is 3.92. The van der Waals surface area contributed by atoms with E-state index in [-0.39, 0.29) is 12.1 Å². The van der Waals surface area contributed by atoms with E-state index in [9.17, 15) is 4.79 Å². The van der Waals surface area contributed by atoms with E-state index in [1.165, 1.54) is 32.1 Å². The van der Waals surface area contributed by atoms with E-state index >= 15 is 0 Å². The van der Waals surface area contributed by atoms with Crippen molar-refractivity contribution in [3.63, 3.8) is 0 Å². The molecule has 0 aromatic rings. The maximum atomic E-state index is 12.3. The van der Waals surface area contributed by atoms with E-state index in [4.69, 9.17) is 4.74 Å². The van der Waals surface area contributed by atoms with Crippen molar-refractivity contribution >= 4 is 6.09 Å². The van der Waals surface area contributed by atoms with Gasteiger partial charge >= 0.3 is 6.09 Å². The van der Waals surface area contributed by atoms with Crippen LogP contribution in [0.5, 0.6) is 0 Å². The van der Waals surface area contributed by atoms with Crippen LogP contribution in [0.2, 0.25) is 0 Å². The first-order valence-electron chi connectivity index (χ1n) is 9.56. The molecule has 4 atom stereocenters. The SMILES string of the molecule is CCC1CCCCC1NC1CCN(C(=O)OC(C)(C)C)C(C)C1. The number of amides is 1. The third-order valence-electron chi connectivity index (χ3n) is 5.39. The van der Waals surface area contributed by atoms with Crippen LogP contribution < -0.4 is 5.32 Å². The van der Waals surface area contributed by atoms with Crippen LogP contribution in [0.25, 0.3) is 0 Å². The molecule has 1 aliphatic heterocycles. The predicted molar refractivity (Wildman–Crippen MR) is 94.6 cm³/mol. The molecule has 0 bridgehead atoms. The Morgan fingerprint density at radius 3 is 2.52 bits per heavy atom. The van der Waals surface area contributed by atoms with E-state index in [1.807, 2.05) is 25.7 Å². The Morgan fingerprint density at radius 2 is 1.91 bits per heavy atom. The topological polar surface area (TPSA) is 41.6 Å². The molecule has 1 heterocycles. The molecule has 0 spiro atoms. The molecule has 4 heteroatoms. The summed E-state index contributed by atoms with van der Waals surface area (Å²) in [4.78, 5) is 14.2. The molecule has 4 nitrogen and oxygen atoms in total. The van der Waals surface area contributed by atoms with Gasteiger partial charge in [0.05, 0.1) is 0 Å². The second-order valence-electron chi connectivity index (χ2n) is 8.47. The number of hydrogen-bond acceptors (Lipinski definition) is 3. The van der Waals surface area contributed by atoms with E-state index < -0.39 is 5.60 Å². The first-order valence-corrected chi connectivity index (χ1v) is 9.56.